The van der Waals surface area contributed by atoms with Crippen molar-refractivity contribution in [1.82, 2.24) is 9.97 Å². The summed E-state index contributed by atoms with van der Waals surface area (Å²) in [6.07, 6.45) is -3.05. The van der Waals surface area contributed by atoms with Gasteiger partial charge in [0.05, 0.1) is 12.0 Å². The van der Waals surface area contributed by atoms with E-state index in [1.54, 1.807) is 25.1 Å². The number of halogens is 3. The highest BCUT2D eigenvalue weighted by Gasteiger charge is 2.31. The lowest BCUT2D eigenvalue weighted by molar-refractivity contribution is -0.137. The molecule has 0 spiro atoms. The monoisotopic (exact) mass is 447 g/mol. The molecule has 166 valence electrons. The minimum absolute atomic E-state index is 0.182. The summed E-state index contributed by atoms with van der Waals surface area (Å²) in [6.45, 7) is 1.70. The van der Waals surface area contributed by atoms with E-state index in [4.69, 9.17) is 9.84 Å². The number of amides is 1. The van der Waals surface area contributed by atoms with Gasteiger partial charge in [0.1, 0.15) is 17.2 Å². The third kappa shape index (κ3) is 5.50. The maximum absolute atomic E-state index is 12.8. The number of nitrogens with one attached hydrogen (secondary N) is 2. The molecule has 0 radical (unpaired) electrons. The molecule has 8 nitrogen and oxygen atoms in total. The Morgan fingerprint density at radius 2 is 1.94 bits per heavy atom. The van der Waals surface area contributed by atoms with Crippen LogP contribution in [0.3, 0.4) is 0 Å². The summed E-state index contributed by atoms with van der Waals surface area (Å²) in [4.78, 5) is 40.6. The van der Waals surface area contributed by atoms with Gasteiger partial charge in [-0.05, 0) is 36.2 Å². The lowest BCUT2D eigenvalue weighted by Crippen LogP contribution is -2.22. The van der Waals surface area contributed by atoms with E-state index in [0.29, 0.717) is 29.1 Å². The Kier molecular flexibility index (Phi) is 6.28. The van der Waals surface area contributed by atoms with Crippen LogP contribution in [0.4, 0.5) is 18.9 Å². The van der Waals surface area contributed by atoms with Gasteiger partial charge in [0.15, 0.2) is 5.69 Å². The zero-order chi connectivity index (χ0) is 23.5. The first-order chi connectivity index (χ1) is 15.0. The molecule has 11 heteroatoms. The van der Waals surface area contributed by atoms with Gasteiger partial charge in [-0.2, -0.15) is 13.2 Å². The van der Waals surface area contributed by atoms with Crippen molar-refractivity contribution >= 4 is 17.6 Å². The summed E-state index contributed by atoms with van der Waals surface area (Å²) in [5, 5.41) is 11.2. The number of H-pyrrole nitrogens is 1. The number of aryl methyl sites for hydroxylation is 1. The molecule has 2 heterocycles. The number of aromatic carboxylic acids is 1. The minimum atomic E-state index is -4.67. The molecule has 1 amide bonds. The first-order valence-corrected chi connectivity index (χ1v) is 9.09. The van der Waals surface area contributed by atoms with Gasteiger partial charge in [-0.25, -0.2) is 9.78 Å². The lowest BCUT2D eigenvalue weighted by atomic mass is 10.1. The Morgan fingerprint density at radius 3 is 2.59 bits per heavy atom. The van der Waals surface area contributed by atoms with Crippen LogP contribution in [0.1, 0.15) is 27.2 Å². The highest BCUT2D eigenvalue weighted by Crippen LogP contribution is 2.29. The van der Waals surface area contributed by atoms with Gasteiger partial charge in [-0.1, -0.05) is 12.1 Å². The maximum Gasteiger partial charge on any atom is 0.417 e. The van der Waals surface area contributed by atoms with E-state index in [2.05, 4.69) is 10.3 Å². The van der Waals surface area contributed by atoms with Crippen LogP contribution in [-0.4, -0.2) is 27.0 Å². The average Bonchev–Trinajstić information content (AvgIpc) is 2.71. The summed E-state index contributed by atoms with van der Waals surface area (Å²) in [5.74, 6) is -1.21. The molecule has 0 aliphatic rings. The molecular formula is C21H16F3N3O5. The summed E-state index contributed by atoms with van der Waals surface area (Å²) >= 11 is 0. The summed E-state index contributed by atoms with van der Waals surface area (Å²) < 4.78 is 44.1. The number of hydrogen-bond acceptors (Lipinski definition) is 5. The van der Waals surface area contributed by atoms with Crippen LogP contribution in [-0.2, 0) is 17.4 Å². The number of alkyl halides is 3. The van der Waals surface area contributed by atoms with Crippen LogP contribution >= 0.6 is 0 Å². The molecule has 2 aromatic heterocycles. The normalized spacial score (nSPS) is 11.1. The molecule has 0 atom stereocenters. The second-order valence-electron chi connectivity index (χ2n) is 6.74. The van der Waals surface area contributed by atoms with E-state index in [9.17, 15) is 27.6 Å². The van der Waals surface area contributed by atoms with Crippen LogP contribution in [0.2, 0.25) is 0 Å². The molecule has 0 saturated carbocycles. The Balaban J connectivity index is 1.71. The lowest BCUT2D eigenvalue weighted by Gasteiger charge is -2.11. The van der Waals surface area contributed by atoms with Gasteiger partial charge in [-0.15, -0.1) is 0 Å². The topological polar surface area (TPSA) is 121 Å². The van der Waals surface area contributed by atoms with Crippen molar-refractivity contribution in [2.75, 3.05) is 5.32 Å². The zero-order valence-corrected chi connectivity index (χ0v) is 16.5. The second-order valence-corrected chi connectivity index (χ2v) is 6.74. The number of aromatic amines is 1. The van der Waals surface area contributed by atoms with Crippen LogP contribution in [0.15, 0.2) is 53.6 Å². The smallest absolute Gasteiger partial charge is 0.417 e. The first-order valence-electron chi connectivity index (χ1n) is 9.09. The quantitative estimate of drug-likeness (QED) is 0.529. The molecular weight excluding hydrogens is 431 g/mol. The van der Waals surface area contributed by atoms with Crippen LogP contribution in [0.5, 0.6) is 11.5 Å². The zero-order valence-electron chi connectivity index (χ0n) is 16.5. The molecule has 0 aliphatic carbocycles. The Morgan fingerprint density at radius 1 is 1.19 bits per heavy atom. The van der Waals surface area contributed by atoms with Gasteiger partial charge in [0.2, 0.25) is 5.91 Å². The number of carboxylic acid groups (broad SMARTS) is 1. The van der Waals surface area contributed by atoms with Crippen LogP contribution in [0.25, 0.3) is 0 Å². The van der Waals surface area contributed by atoms with Gasteiger partial charge in [0, 0.05) is 18.5 Å². The molecule has 3 aromatic rings. The summed E-state index contributed by atoms with van der Waals surface area (Å²) in [6, 6.07) is 8.08. The number of rotatable bonds is 6. The molecule has 0 saturated heterocycles. The molecule has 3 N–H and O–H groups in total. The van der Waals surface area contributed by atoms with E-state index in [0.717, 1.165) is 0 Å². The standard InChI is InChI=1S/C21H16F3N3O5/c1-11-6-12(2-3-17(11)32-14-4-5-25-16(9-14)20(30)31)7-18(28)27-15-8-13(21(22,23)24)10-26-19(15)29/h2-6,8-10H,7H2,1H3,(H,26,29)(H,27,28)(H,30,31). The Bertz CT molecular complexity index is 1240. The third-order valence-corrected chi connectivity index (χ3v) is 4.29. The van der Waals surface area contributed by atoms with E-state index < -0.39 is 34.9 Å². The average molecular weight is 447 g/mol. The maximum atomic E-state index is 12.8. The summed E-state index contributed by atoms with van der Waals surface area (Å²) in [5.41, 5.74) is -1.49. The van der Waals surface area contributed by atoms with Gasteiger partial charge in [0.25, 0.3) is 5.56 Å². The van der Waals surface area contributed by atoms with Crippen molar-refractivity contribution < 1.29 is 32.6 Å². The predicted octanol–water partition coefficient (Wildman–Crippen LogP) is 3.77. The second kappa shape index (κ2) is 8.92. The van der Waals surface area contributed by atoms with E-state index in [1.165, 1.54) is 18.3 Å². The van der Waals surface area contributed by atoms with Crippen LogP contribution < -0.4 is 15.6 Å². The number of benzene rings is 1. The third-order valence-electron chi connectivity index (χ3n) is 4.29. The SMILES string of the molecule is Cc1cc(CC(=O)Nc2cc(C(F)(F)F)c[nH]c2=O)ccc1Oc1ccnc(C(=O)O)c1. The summed E-state index contributed by atoms with van der Waals surface area (Å²) in [7, 11) is 0. The van der Waals surface area contributed by atoms with Crippen molar-refractivity contribution in [2.45, 2.75) is 19.5 Å². The van der Waals surface area contributed by atoms with Crippen molar-refractivity contribution in [3.8, 4) is 11.5 Å². The number of hydrogen-bond donors (Lipinski definition) is 3. The number of ether oxygens (including phenoxy) is 1. The molecule has 0 aliphatic heterocycles. The number of carbonyl (C=O) groups excluding carboxylic acids is 1. The fourth-order valence-corrected chi connectivity index (χ4v) is 2.77. The molecule has 1 aromatic carbocycles. The fourth-order valence-electron chi connectivity index (χ4n) is 2.77. The molecule has 0 bridgehead atoms. The first kappa shape index (κ1) is 22.5. The largest absolute Gasteiger partial charge is 0.477 e. The Hall–Kier alpha value is -4.15. The van der Waals surface area contributed by atoms with E-state index in [-0.39, 0.29) is 17.9 Å². The van der Waals surface area contributed by atoms with E-state index in [1.807, 2.05) is 4.98 Å². The molecule has 32 heavy (non-hydrogen) atoms. The highest BCUT2D eigenvalue weighted by molar-refractivity contribution is 5.92. The minimum Gasteiger partial charge on any atom is -0.477 e. The van der Waals surface area contributed by atoms with E-state index >= 15 is 0 Å². The van der Waals surface area contributed by atoms with Crippen molar-refractivity contribution in [1.29, 1.82) is 0 Å². The number of anilines is 1. The number of carbonyl (C=O) groups is 2. The number of nitrogens with zero attached hydrogens (tertiary/aromatic N) is 1. The van der Waals surface area contributed by atoms with Gasteiger partial charge in [-0.3, -0.25) is 9.59 Å². The predicted molar refractivity (Wildman–Crippen MR) is 107 cm³/mol. The van der Waals surface area contributed by atoms with Gasteiger partial charge >= 0.3 is 12.1 Å². The van der Waals surface area contributed by atoms with Crippen molar-refractivity contribution in [3.05, 3.63) is 81.5 Å². The molecule has 3 rings (SSSR count). The van der Waals surface area contributed by atoms with Gasteiger partial charge < -0.3 is 20.1 Å². The van der Waals surface area contributed by atoms with Crippen LogP contribution in [0, 0.1) is 6.92 Å². The molecule has 0 unspecified atom stereocenters. The van der Waals surface area contributed by atoms with Crippen molar-refractivity contribution in [2.24, 2.45) is 0 Å². The Labute approximate surface area is 178 Å². The number of carboxylic acids is 1. The number of aromatic nitrogens is 2. The molecule has 0 fully saturated rings. The number of pyridine rings is 2. The van der Waals surface area contributed by atoms with Crippen molar-refractivity contribution in [3.63, 3.8) is 0 Å². The highest BCUT2D eigenvalue weighted by atomic mass is 19.4. The fraction of sp³-hybridized carbons (Fsp3) is 0.143.